The number of benzene rings is 1. The van der Waals surface area contributed by atoms with Crippen molar-refractivity contribution in [2.75, 3.05) is 0 Å². The van der Waals surface area contributed by atoms with Gasteiger partial charge in [-0.25, -0.2) is 13.2 Å². The minimum Gasteiger partial charge on any atom is -0.391 e. The lowest BCUT2D eigenvalue weighted by molar-refractivity contribution is 0.125. The van der Waals surface area contributed by atoms with Gasteiger partial charge in [0.25, 0.3) is 0 Å². The van der Waals surface area contributed by atoms with Crippen molar-refractivity contribution >= 4 is 12.4 Å². The van der Waals surface area contributed by atoms with Crippen LogP contribution in [0.4, 0.5) is 13.2 Å². The molecule has 1 rings (SSSR count). The van der Waals surface area contributed by atoms with Gasteiger partial charge in [-0.3, -0.25) is 0 Å². The van der Waals surface area contributed by atoms with Crippen LogP contribution in [0, 0.1) is 23.4 Å². The fourth-order valence-corrected chi connectivity index (χ4v) is 1.75. The van der Waals surface area contributed by atoms with Crippen molar-refractivity contribution in [1.29, 1.82) is 0 Å². The summed E-state index contributed by atoms with van der Waals surface area (Å²) in [6.07, 6.45) is -0.0177. The zero-order valence-corrected chi connectivity index (χ0v) is 11.7. The molecule has 0 spiro atoms. The highest BCUT2D eigenvalue weighted by Gasteiger charge is 2.24. The highest BCUT2D eigenvalue weighted by Crippen LogP contribution is 2.25. The molecular formula is C13H19ClF3NO. The molecule has 0 aliphatic rings. The summed E-state index contributed by atoms with van der Waals surface area (Å²) in [5.41, 5.74) is 5.16. The molecule has 19 heavy (non-hydrogen) atoms. The Labute approximate surface area is 117 Å². The summed E-state index contributed by atoms with van der Waals surface area (Å²) in [6, 6.07) is -0.0645. The molecule has 0 saturated heterocycles. The van der Waals surface area contributed by atoms with E-state index in [1.807, 2.05) is 13.8 Å². The molecule has 0 fully saturated rings. The molecule has 2 nitrogen and oxygen atoms in total. The van der Waals surface area contributed by atoms with E-state index in [4.69, 9.17) is 5.73 Å². The van der Waals surface area contributed by atoms with Gasteiger partial charge < -0.3 is 10.8 Å². The third-order valence-electron chi connectivity index (χ3n) is 2.83. The molecule has 0 saturated carbocycles. The second kappa shape index (κ2) is 7.72. The SMILES string of the molecule is CC(C)CC[C@@H](O)[C@@H](N)c1c(F)cc(F)cc1F.Cl. The summed E-state index contributed by atoms with van der Waals surface area (Å²) in [5.74, 6) is -2.78. The number of aliphatic hydroxyl groups is 1. The first-order chi connectivity index (χ1) is 8.32. The van der Waals surface area contributed by atoms with Crippen LogP contribution in [0.25, 0.3) is 0 Å². The fourth-order valence-electron chi connectivity index (χ4n) is 1.75. The molecule has 110 valence electrons. The Balaban J connectivity index is 0.00000324. The number of rotatable bonds is 5. The monoisotopic (exact) mass is 297 g/mol. The molecule has 6 heteroatoms. The van der Waals surface area contributed by atoms with Gasteiger partial charge in [-0.15, -0.1) is 12.4 Å². The first-order valence-electron chi connectivity index (χ1n) is 5.91. The van der Waals surface area contributed by atoms with Gasteiger partial charge in [0.2, 0.25) is 0 Å². The molecule has 3 N–H and O–H groups in total. The molecule has 0 amide bonds. The number of nitrogens with two attached hydrogens (primary N) is 1. The molecule has 1 aromatic rings. The second-order valence-electron chi connectivity index (χ2n) is 4.85. The molecule has 0 radical (unpaired) electrons. The van der Waals surface area contributed by atoms with Crippen molar-refractivity contribution in [1.82, 2.24) is 0 Å². The average molecular weight is 298 g/mol. The lowest BCUT2D eigenvalue weighted by Crippen LogP contribution is -2.28. The molecule has 0 aliphatic carbocycles. The van der Waals surface area contributed by atoms with Gasteiger partial charge in [-0.05, 0) is 18.8 Å². The quantitative estimate of drug-likeness (QED) is 0.876. The zero-order chi connectivity index (χ0) is 13.9. The van der Waals surface area contributed by atoms with Crippen molar-refractivity contribution in [2.45, 2.75) is 38.8 Å². The Morgan fingerprint density at radius 2 is 1.58 bits per heavy atom. The van der Waals surface area contributed by atoms with Crippen LogP contribution < -0.4 is 5.73 Å². The van der Waals surface area contributed by atoms with Gasteiger partial charge in [0.15, 0.2) is 0 Å². The van der Waals surface area contributed by atoms with E-state index in [9.17, 15) is 18.3 Å². The van der Waals surface area contributed by atoms with E-state index in [0.717, 1.165) is 0 Å². The van der Waals surface area contributed by atoms with Gasteiger partial charge in [0.1, 0.15) is 17.5 Å². The Kier molecular flexibility index (Phi) is 7.41. The van der Waals surface area contributed by atoms with Crippen LogP contribution in [0.15, 0.2) is 12.1 Å². The molecule has 0 aliphatic heterocycles. The molecule has 0 heterocycles. The maximum absolute atomic E-state index is 13.4. The first kappa shape index (κ1) is 18.2. The maximum Gasteiger partial charge on any atom is 0.133 e. The number of halogens is 4. The lowest BCUT2D eigenvalue weighted by atomic mass is 9.95. The lowest BCUT2D eigenvalue weighted by Gasteiger charge is -2.21. The van der Waals surface area contributed by atoms with Crippen molar-refractivity contribution in [3.8, 4) is 0 Å². The van der Waals surface area contributed by atoms with E-state index in [2.05, 4.69) is 0 Å². The second-order valence-corrected chi connectivity index (χ2v) is 4.85. The van der Waals surface area contributed by atoms with Crippen molar-refractivity contribution in [2.24, 2.45) is 11.7 Å². The van der Waals surface area contributed by atoms with Gasteiger partial charge >= 0.3 is 0 Å². The largest absolute Gasteiger partial charge is 0.391 e. The minimum absolute atomic E-state index is 0. The van der Waals surface area contributed by atoms with Gasteiger partial charge in [0.05, 0.1) is 12.1 Å². The summed E-state index contributed by atoms with van der Waals surface area (Å²) in [5, 5.41) is 9.79. The van der Waals surface area contributed by atoms with Gasteiger partial charge in [0, 0.05) is 17.7 Å². The molecule has 0 bridgehead atoms. The molecule has 0 aromatic heterocycles. The molecule has 1 aromatic carbocycles. The van der Waals surface area contributed by atoms with Crippen LogP contribution in [-0.4, -0.2) is 11.2 Å². The van der Waals surface area contributed by atoms with Crippen LogP contribution in [0.3, 0.4) is 0 Å². The highest BCUT2D eigenvalue weighted by atomic mass is 35.5. The summed E-state index contributed by atoms with van der Waals surface area (Å²) < 4.78 is 39.6. The third kappa shape index (κ3) is 5.01. The maximum atomic E-state index is 13.4. The van der Waals surface area contributed by atoms with Crippen molar-refractivity contribution in [3.63, 3.8) is 0 Å². The van der Waals surface area contributed by atoms with Crippen molar-refractivity contribution < 1.29 is 18.3 Å². The minimum atomic E-state index is -1.19. The number of hydrogen-bond acceptors (Lipinski definition) is 2. The third-order valence-corrected chi connectivity index (χ3v) is 2.83. The van der Waals surface area contributed by atoms with Gasteiger partial charge in [-0.1, -0.05) is 13.8 Å². The summed E-state index contributed by atoms with van der Waals surface area (Å²) in [6.45, 7) is 3.94. The number of aliphatic hydroxyl groups excluding tert-OH is 1. The summed E-state index contributed by atoms with van der Waals surface area (Å²) in [7, 11) is 0. The van der Waals surface area contributed by atoms with E-state index in [-0.39, 0.29) is 12.4 Å². The highest BCUT2D eigenvalue weighted by molar-refractivity contribution is 5.85. The van der Waals surface area contributed by atoms with E-state index in [0.29, 0.717) is 30.9 Å². The Morgan fingerprint density at radius 1 is 1.11 bits per heavy atom. The Morgan fingerprint density at radius 3 is 2.00 bits per heavy atom. The topological polar surface area (TPSA) is 46.2 Å². The smallest absolute Gasteiger partial charge is 0.133 e. The van der Waals surface area contributed by atoms with Crippen LogP contribution in [0.1, 0.15) is 38.3 Å². The predicted octanol–water partition coefficient (Wildman–Crippen LogP) is 3.32. The van der Waals surface area contributed by atoms with Gasteiger partial charge in [-0.2, -0.15) is 0 Å². The summed E-state index contributed by atoms with van der Waals surface area (Å²) in [4.78, 5) is 0. The predicted molar refractivity (Wildman–Crippen MR) is 70.6 cm³/mol. The Hall–Kier alpha value is -0.780. The van der Waals surface area contributed by atoms with E-state index >= 15 is 0 Å². The standard InChI is InChI=1S/C13H18F3NO.ClH/c1-7(2)3-4-11(18)13(17)12-9(15)5-8(14)6-10(12)16;/h5-7,11,13,18H,3-4,17H2,1-2H3;1H/t11-,13-;/m1./s1. The van der Waals surface area contributed by atoms with Crippen LogP contribution in [0.2, 0.25) is 0 Å². The molecule has 0 unspecified atom stereocenters. The fraction of sp³-hybridized carbons (Fsp3) is 0.538. The van der Waals surface area contributed by atoms with Crippen LogP contribution in [-0.2, 0) is 0 Å². The summed E-state index contributed by atoms with van der Waals surface area (Å²) >= 11 is 0. The normalized spacial score (nSPS) is 14.1. The van der Waals surface area contributed by atoms with Crippen LogP contribution >= 0.6 is 12.4 Å². The average Bonchev–Trinajstić information content (AvgIpc) is 2.24. The zero-order valence-electron chi connectivity index (χ0n) is 10.9. The van der Waals surface area contributed by atoms with Crippen molar-refractivity contribution in [3.05, 3.63) is 35.1 Å². The first-order valence-corrected chi connectivity index (χ1v) is 5.91. The molecule has 2 atom stereocenters. The van der Waals surface area contributed by atoms with Crippen LogP contribution in [0.5, 0.6) is 0 Å². The molecular weight excluding hydrogens is 279 g/mol. The van der Waals surface area contributed by atoms with E-state index in [1.54, 1.807) is 0 Å². The number of hydrogen-bond donors (Lipinski definition) is 2. The Bertz CT molecular complexity index is 392. The van der Waals surface area contributed by atoms with E-state index in [1.165, 1.54) is 0 Å². The van der Waals surface area contributed by atoms with E-state index < -0.39 is 35.2 Å².